The maximum Gasteiger partial charge on any atom is 0.348 e. The first-order valence-corrected chi connectivity index (χ1v) is 7.43. The Morgan fingerprint density at radius 1 is 1.22 bits per heavy atom. The van der Waals surface area contributed by atoms with Gasteiger partial charge in [0.15, 0.2) is 0 Å². The van der Waals surface area contributed by atoms with Crippen molar-refractivity contribution in [3.05, 3.63) is 35.2 Å². The quantitative estimate of drug-likeness (QED) is 0.360. The van der Waals surface area contributed by atoms with Crippen LogP contribution < -0.4 is 4.74 Å². The highest BCUT2D eigenvalue weighted by Gasteiger charge is 2.39. The Hall–Kier alpha value is -2.37. The van der Waals surface area contributed by atoms with Gasteiger partial charge >= 0.3 is 11.9 Å². The molecule has 0 amide bonds. The number of halogens is 1. The van der Waals surface area contributed by atoms with E-state index in [1.807, 2.05) is 6.92 Å². The Balaban J connectivity index is 2.31. The maximum absolute atomic E-state index is 13.4. The van der Waals surface area contributed by atoms with Crippen molar-refractivity contribution in [2.75, 3.05) is 6.61 Å². The highest BCUT2D eigenvalue weighted by atomic mass is 19.1. The predicted molar refractivity (Wildman–Crippen MR) is 81.0 cm³/mol. The van der Waals surface area contributed by atoms with E-state index in [2.05, 4.69) is 0 Å². The summed E-state index contributed by atoms with van der Waals surface area (Å²) in [6.45, 7) is 5.36. The first-order chi connectivity index (χ1) is 10.8. The lowest BCUT2D eigenvalue weighted by Gasteiger charge is -2.29. The van der Waals surface area contributed by atoms with Gasteiger partial charge in [0.1, 0.15) is 17.1 Å². The van der Waals surface area contributed by atoms with Gasteiger partial charge in [-0.25, -0.2) is 14.0 Å². The molecule has 1 aliphatic heterocycles. The number of ether oxygens (including phenoxy) is 3. The summed E-state index contributed by atoms with van der Waals surface area (Å²) in [5.41, 5.74) is 0.155. The number of esters is 2. The van der Waals surface area contributed by atoms with Gasteiger partial charge in [-0.2, -0.15) is 0 Å². The third kappa shape index (κ3) is 4.31. The van der Waals surface area contributed by atoms with E-state index in [-0.39, 0.29) is 11.3 Å². The first-order valence-electron chi connectivity index (χ1n) is 7.43. The highest BCUT2D eigenvalue weighted by molar-refractivity contribution is 6.19. The van der Waals surface area contributed by atoms with Gasteiger partial charge in [-0.3, -0.25) is 0 Å². The van der Waals surface area contributed by atoms with Gasteiger partial charge in [-0.15, -0.1) is 0 Å². The van der Waals surface area contributed by atoms with Crippen LogP contribution in [0.3, 0.4) is 0 Å². The summed E-state index contributed by atoms with van der Waals surface area (Å²) in [6, 6.07) is 3.87. The number of carbonyl (C=O) groups is 2. The molecule has 0 N–H and O–H groups in total. The lowest BCUT2D eigenvalue weighted by atomic mass is 10.1. The number of carbonyl (C=O) groups excluding carboxylic acids is 2. The largest absolute Gasteiger partial charge is 0.493 e. The fourth-order valence-corrected chi connectivity index (χ4v) is 2.01. The second-order valence-electron chi connectivity index (χ2n) is 5.62. The predicted octanol–water partition coefficient (Wildman–Crippen LogP) is 3.22. The van der Waals surface area contributed by atoms with Crippen molar-refractivity contribution in [3.63, 3.8) is 0 Å². The Morgan fingerprint density at radius 3 is 2.48 bits per heavy atom. The van der Waals surface area contributed by atoms with E-state index in [1.165, 1.54) is 38.1 Å². The molecule has 0 aliphatic carbocycles. The van der Waals surface area contributed by atoms with Crippen molar-refractivity contribution in [3.8, 4) is 5.75 Å². The zero-order chi connectivity index (χ0) is 17.0. The van der Waals surface area contributed by atoms with E-state index in [0.29, 0.717) is 12.2 Å². The molecule has 1 aliphatic rings. The lowest BCUT2D eigenvalue weighted by molar-refractivity contribution is -0.222. The van der Waals surface area contributed by atoms with Crippen LogP contribution in [0.25, 0.3) is 6.08 Å². The van der Waals surface area contributed by atoms with Gasteiger partial charge in [0.25, 0.3) is 5.79 Å². The van der Waals surface area contributed by atoms with Crippen LogP contribution in [0.4, 0.5) is 4.39 Å². The van der Waals surface area contributed by atoms with E-state index in [1.54, 1.807) is 0 Å². The molecule has 0 unspecified atom stereocenters. The summed E-state index contributed by atoms with van der Waals surface area (Å²) in [5, 5.41) is 0. The van der Waals surface area contributed by atoms with E-state index in [9.17, 15) is 14.0 Å². The van der Waals surface area contributed by atoms with Gasteiger partial charge in [0, 0.05) is 25.5 Å². The Labute approximate surface area is 134 Å². The molecule has 0 spiro atoms. The normalized spacial score (nSPS) is 16.6. The Kier molecular flexibility index (Phi) is 5.03. The third-order valence-corrected chi connectivity index (χ3v) is 3.15. The van der Waals surface area contributed by atoms with Gasteiger partial charge in [-0.05, 0) is 24.6 Å². The minimum atomic E-state index is -1.30. The van der Waals surface area contributed by atoms with Crippen molar-refractivity contribution < 1.29 is 28.2 Å². The number of cyclic esters (lactones) is 2. The summed E-state index contributed by atoms with van der Waals surface area (Å²) in [6.07, 6.45) is 3.03. The van der Waals surface area contributed by atoms with Crippen LogP contribution >= 0.6 is 0 Å². The van der Waals surface area contributed by atoms with Gasteiger partial charge < -0.3 is 14.2 Å². The summed E-state index contributed by atoms with van der Waals surface area (Å²) in [4.78, 5) is 23.9. The fourth-order valence-electron chi connectivity index (χ4n) is 2.01. The number of hydrogen-bond donors (Lipinski definition) is 0. The summed E-state index contributed by atoms with van der Waals surface area (Å²) in [5.74, 6) is -3.07. The molecule has 124 valence electrons. The molecule has 1 aromatic rings. The third-order valence-electron chi connectivity index (χ3n) is 3.15. The molecule has 5 nitrogen and oxygen atoms in total. The molecule has 0 atom stereocenters. The SMILES string of the molecule is CCCCOc1cc(F)ccc1C=C1C(=O)OC(C)(C)OC1=O. The molecule has 0 saturated carbocycles. The Bertz CT molecular complexity index is 626. The Morgan fingerprint density at radius 2 is 1.87 bits per heavy atom. The van der Waals surface area contributed by atoms with E-state index < -0.39 is 23.5 Å². The van der Waals surface area contributed by atoms with Crippen LogP contribution in [0.1, 0.15) is 39.2 Å². The van der Waals surface area contributed by atoms with Gasteiger partial charge in [0.2, 0.25) is 0 Å². The van der Waals surface area contributed by atoms with Crippen LogP contribution in [0.15, 0.2) is 23.8 Å². The van der Waals surface area contributed by atoms with Crippen LogP contribution in [0.5, 0.6) is 5.75 Å². The first kappa shape index (κ1) is 17.0. The molecule has 1 saturated heterocycles. The summed E-state index contributed by atoms with van der Waals surface area (Å²) in [7, 11) is 0. The average Bonchev–Trinajstić information content (AvgIpc) is 2.44. The van der Waals surface area contributed by atoms with Crippen molar-refractivity contribution in [2.45, 2.75) is 39.4 Å². The van der Waals surface area contributed by atoms with E-state index in [0.717, 1.165) is 12.8 Å². The number of benzene rings is 1. The van der Waals surface area contributed by atoms with Gasteiger partial charge in [0.05, 0.1) is 6.61 Å². The monoisotopic (exact) mass is 322 g/mol. The lowest BCUT2D eigenvalue weighted by Crippen LogP contribution is -2.41. The number of unbranched alkanes of at least 4 members (excludes halogenated alkanes) is 1. The fraction of sp³-hybridized carbons (Fsp3) is 0.412. The zero-order valence-electron chi connectivity index (χ0n) is 13.3. The van der Waals surface area contributed by atoms with Crippen LogP contribution in [0, 0.1) is 5.82 Å². The molecule has 0 aromatic heterocycles. The zero-order valence-corrected chi connectivity index (χ0v) is 13.3. The second kappa shape index (κ2) is 6.81. The summed E-state index contributed by atoms with van der Waals surface area (Å²) >= 11 is 0. The smallest absolute Gasteiger partial charge is 0.348 e. The molecule has 0 bridgehead atoms. The van der Waals surface area contributed by atoms with Crippen molar-refractivity contribution in [1.82, 2.24) is 0 Å². The van der Waals surface area contributed by atoms with Crippen LogP contribution in [-0.2, 0) is 19.1 Å². The minimum Gasteiger partial charge on any atom is -0.493 e. The molecular weight excluding hydrogens is 303 g/mol. The molecule has 1 heterocycles. The number of hydrogen-bond acceptors (Lipinski definition) is 5. The standard InChI is InChI=1S/C17H19FO5/c1-4-5-8-21-14-10-12(18)7-6-11(14)9-13-15(19)22-17(2,3)23-16(13)20/h6-7,9-10H,4-5,8H2,1-3H3. The molecule has 1 fully saturated rings. The molecule has 2 rings (SSSR count). The molecule has 23 heavy (non-hydrogen) atoms. The topological polar surface area (TPSA) is 61.8 Å². The van der Waals surface area contributed by atoms with Gasteiger partial charge in [-0.1, -0.05) is 13.3 Å². The molecule has 6 heteroatoms. The molecule has 1 aromatic carbocycles. The molecule has 0 radical (unpaired) electrons. The van der Waals surface area contributed by atoms with E-state index in [4.69, 9.17) is 14.2 Å². The van der Waals surface area contributed by atoms with Crippen molar-refractivity contribution in [2.24, 2.45) is 0 Å². The second-order valence-corrected chi connectivity index (χ2v) is 5.62. The number of rotatable bonds is 5. The maximum atomic E-state index is 13.4. The van der Waals surface area contributed by atoms with Crippen molar-refractivity contribution >= 4 is 18.0 Å². The minimum absolute atomic E-state index is 0.253. The average molecular weight is 322 g/mol. The van der Waals surface area contributed by atoms with Crippen molar-refractivity contribution in [1.29, 1.82) is 0 Å². The van der Waals surface area contributed by atoms with E-state index >= 15 is 0 Å². The summed E-state index contributed by atoms with van der Waals surface area (Å²) < 4.78 is 29.0. The highest BCUT2D eigenvalue weighted by Crippen LogP contribution is 2.28. The van der Waals surface area contributed by atoms with Crippen LogP contribution in [0.2, 0.25) is 0 Å². The van der Waals surface area contributed by atoms with Crippen LogP contribution in [-0.4, -0.2) is 24.3 Å². The molecular formula is C17H19FO5.